The Morgan fingerprint density at radius 2 is 1.41 bits per heavy atom. The van der Waals surface area contributed by atoms with Crippen molar-refractivity contribution >= 4 is 12.6 Å². The molecule has 114 valence electrons. The van der Waals surface area contributed by atoms with Crippen LogP contribution in [0.25, 0.3) is 11.1 Å². The number of rotatable bonds is 2. The van der Waals surface area contributed by atoms with E-state index in [1.54, 1.807) is 0 Å². The lowest BCUT2D eigenvalue weighted by atomic mass is 9.74. The van der Waals surface area contributed by atoms with Crippen molar-refractivity contribution in [2.45, 2.75) is 45.8 Å². The van der Waals surface area contributed by atoms with E-state index >= 15 is 0 Å². The van der Waals surface area contributed by atoms with Gasteiger partial charge in [0.2, 0.25) is 0 Å². The Labute approximate surface area is 133 Å². The van der Waals surface area contributed by atoms with Gasteiger partial charge < -0.3 is 9.31 Å². The first-order chi connectivity index (χ1) is 10.3. The average molecular weight is 294 g/mol. The molecule has 0 saturated carbocycles. The third-order valence-electron chi connectivity index (χ3n) is 4.80. The van der Waals surface area contributed by atoms with Gasteiger partial charge >= 0.3 is 7.12 Å². The molecular formula is C19H23BO2. The number of hydrogen-bond donors (Lipinski definition) is 0. The van der Waals surface area contributed by atoms with Gasteiger partial charge in [-0.15, -0.1) is 0 Å². The van der Waals surface area contributed by atoms with E-state index in [9.17, 15) is 0 Å². The highest BCUT2D eigenvalue weighted by Gasteiger charge is 2.52. The highest BCUT2D eigenvalue weighted by atomic mass is 16.7. The van der Waals surface area contributed by atoms with Crippen molar-refractivity contribution in [3.63, 3.8) is 0 Å². The minimum absolute atomic E-state index is 0.323. The normalized spacial score (nSPS) is 19.4. The first kappa shape index (κ1) is 15.3. The van der Waals surface area contributed by atoms with Crippen molar-refractivity contribution in [2.24, 2.45) is 0 Å². The van der Waals surface area contributed by atoms with Gasteiger partial charge in [0, 0.05) is 0 Å². The fourth-order valence-corrected chi connectivity index (χ4v) is 2.71. The van der Waals surface area contributed by atoms with E-state index < -0.39 is 0 Å². The van der Waals surface area contributed by atoms with Crippen molar-refractivity contribution in [1.29, 1.82) is 0 Å². The third-order valence-corrected chi connectivity index (χ3v) is 4.80. The van der Waals surface area contributed by atoms with Gasteiger partial charge in [0.05, 0.1) is 11.2 Å². The Morgan fingerprint density at radius 1 is 0.818 bits per heavy atom. The predicted octanol–water partition coefficient (Wildman–Crippen LogP) is 3.96. The standard InChI is InChI=1S/C19H23BO2/c1-14-11-12-17(16(13-14)15-9-7-6-8-10-15)20-21-18(2,3)19(4,5)22-20/h6-13H,1-5H3. The van der Waals surface area contributed by atoms with Gasteiger partial charge in [0.1, 0.15) is 0 Å². The van der Waals surface area contributed by atoms with E-state index in [-0.39, 0.29) is 18.3 Å². The van der Waals surface area contributed by atoms with Gasteiger partial charge in [0.25, 0.3) is 0 Å². The van der Waals surface area contributed by atoms with Crippen molar-refractivity contribution in [3.05, 3.63) is 54.1 Å². The lowest BCUT2D eigenvalue weighted by Gasteiger charge is -2.32. The molecule has 0 radical (unpaired) electrons. The van der Waals surface area contributed by atoms with E-state index in [2.05, 4.69) is 77.1 Å². The summed E-state index contributed by atoms with van der Waals surface area (Å²) in [4.78, 5) is 0. The van der Waals surface area contributed by atoms with E-state index in [1.807, 2.05) is 6.07 Å². The van der Waals surface area contributed by atoms with Crippen LogP contribution in [0.15, 0.2) is 48.5 Å². The first-order valence-corrected chi connectivity index (χ1v) is 7.82. The van der Waals surface area contributed by atoms with E-state index in [0.29, 0.717) is 0 Å². The van der Waals surface area contributed by atoms with Crippen LogP contribution in [0.3, 0.4) is 0 Å². The molecule has 0 amide bonds. The van der Waals surface area contributed by atoms with Gasteiger partial charge in [0.15, 0.2) is 0 Å². The minimum atomic E-state index is -0.333. The molecule has 3 rings (SSSR count). The number of hydrogen-bond acceptors (Lipinski definition) is 2. The zero-order valence-corrected chi connectivity index (χ0v) is 14.0. The zero-order valence-electron chi connectivity index (χ0n) is 14.0. The molecule has 0 aliphatic carbocycles. The van der Waals surface area contributed by atoms with Gasteiger partial charge in [-0.1, -0.05) is 54.1 Å². The summed E-state index contributed by atoms with van der Waals surface area (Å²) in [5.74, 6) is 0. The van der Waals surface area contributed by atoms with E-state index in [1.165, 1.54) is 16.7 Å². The molecule has 22 heavy (non-hydrogen) atoms. The van der Waals surface area contributed by atoms with Crippen LogP contribution >= 0.6 is 0 Å². The van der Waals surface area contributed by atoms with Gasteiger partial charge in [-0.2, -0.15) is 0 Å². The summed E-state index contributed by atoms with van der Waals surface area (Å²) < 4.78 is 12.5. The summed E-state index contributed by atoms with van der Waals surface area (Å²) in [7, 11) is -0.333. The van der Waals surface area contributed by atoms with Crippen LogP contribution in [0, 0.1) is 6.92 Å². The maximum atomic E-state index is 6.23. The Balaban J connectivity index is 2.06. The Kier molecular flexibility index (Phi) is 3.66. The van der Waals surface area contributed by atoms with Crippen molar-refractivity contribution < 1.29 is 9.31 Å². The average Bonchev–Trinajstić information content (AvgIpc) is 2.68. The van der Waals surface area contributed by atoms with Crippen molar-refractivity contribution in [1.82, 2.24) is 0 Å². The summed E-state index contributed by atoms with van der Waals surface area (Å²) in [6, 6.07) is 16.9. The Bertz CT molecular complexity index is 661. The van der Waals surface area contributed by atoms with Crippen LogP contribution in [0.5, 0.6) is 0 Å². The number of benzene rings is 2. The molecular weight excluding hydrogens is 271 g/mol. The van der Waals surface area contributed by atoms with Gasteiger partial charge in [-0.25, -0.2) is 0 Å². The van der Waals surface area contributed by atoms with Crippen LogP contribution in [-0.4, -0.2) is 18.3 Å². The van der Waals surface area contributed by atoms with Gasteiger partial charge in [-0.05, 0) is 51.2 Å². The van der Waals surface area contributed by atoms with Crippen LogP contribution < -0.4 is 5.46 Å². The second kappa shape index (κ2) is 5.25. The molecule has 1 aliphatic heterocycles. The fourth-order valence-electron chi connectivity index (χ4n) is 2.71. The fraction of sp³-hybridized carbons (Fsp3) is 0.368. The maximum absolute atomic E-state index is 6.23. The molecule has 0 atom stereocenters. The summed E-state index contributed by atoms with van der Waals surface area (Å²) >= 11 is 0. The Hall–Kier alpha value is -1.58. The highest BCUT2D eigenvalue weighted by Crippen LogP contribution is 2.37. The van der Waals surface area contributed by atoms with Crippen molar-refractivity contribution in [2.75, 3.05) is 0 Å². The molecule has 2 aromatic carbocycles. The van der Waals surface area contributed by atoms with Crippen LogP contribution in [0.2, 0.25) is 0 Å². The molecule has 1 saturated heterocycles. The summed E-state index contributed by atoms with van der Waals surface area (Å²) in [5, 5.41) is 0. The Morgan fingerprint density at radius 3 is 2.00 bits per heavy atom. The molecule has 0 N–H and O–H groups in total. The minimum Gasteiger partial charge on any atom is -0.399 e. The maximum Gasteiger partial charge on any atom is 0.495 e. The molecule has 0 spiro atoms. The van der Waals surface area contributed by atoms with Crippen molar-refractivity contribution in [3.8, 4) is 11.1 Å². The quantitative estimate of drug-likeness (QED) is 0.780. The monoisotopic (exact) mass is 294 g/mol. The molecule has 1 aliphatic rings. The van der Waals surface area contributed by atoms with Gasteiger partial charge in [-0.3, -0.25) is 0 Å². The first-order valence-electron chi connectivity index (χ1n) is 7.82. The third kappa shape index (κ3) is 2.60. The van der Waals surface area contributed by atoms with E-state index in [0.717, 1.165) is 5.46 Å². The molecule has 0 unspecified atom stereocenters. The van der Waals surface area contributed by atoms with E-state index in [4.69, 9.17) is 9.31 Å². The molecule has 1 fully saturated rings. The molecule has 1 heterocycles. The largest absolute Gasteiger partial charge is 0.495 e. The second-order valence-corrected chi connectivity index (χ2v) is 7.04. The predicted molar refractivity (Wildman–Crippen MR) is 92.3 cm³/mol. The van der Waals surface area contributed by atoms with Crippen LogP contribution in [0.4, 0.5) is 0 Å². The topological polar surface area (TPSA) is 18.5 Å². The summed E-state index contributed by atoms with van der Waals surface area (Å²) in [6.45, 7) is 10.5. The summed E-state index contributed by atoms with van der Waals surface area (Å²) in [6.07, 6.45) is 0. The molecule has 0 bridgehead atoms. The lowest BCUT2D eigenvalue weighted by Crippen LogP contribution is -2.41. The smallest absolute Gasteiger partial charge is 0.399 e. The molecule has 0 aromatic heterocycles. The molecule has 3 heteroatoms. The number of aryl methyl sites for hydroxylation is 1. The summed E-state index contributed by atoms with van der Waals surface area (Å²) in [5.41, 5.74) is 4.05. The SMILES string of the molecule is Cc1ccc(B2OC(C)(C)C(C)(C)O2)c(-c2ccccc2)c1. The molecule has 2 nitrogen and oxygen atoms in total. The van der Waals surface area contributed by atoms with Crippen LogP contribution in [0.1, 0.15) is 33.3 Å². The second-order valence-electron chi connectivity index (χ2n) is 7.04. The zero-order chi connectivity index (χ0) is 16.0. The lowest BCUT2D eigenvalue weighted by molar-refractivity contribution is 0.00578. The van der Waals surface area contributed by atoms with Crippen LogP contribution in [-0.2, 0) is 9.31 Å². The highest BCUT2D eigenvalue weighted by molar-refractivity contribution is 6.63. The molecule has 2 aromatic rings.